The normalized spacial score (nSPS) is 18.6. The SMILES string of the molecule is CCOC(C)(C)CC(C)(I)C(CBr)OC. The number of hydrogen-bond acceptors (Lipinski definition) is 2. The minimum atomic E-state index is -0.0936. The van der Waals surface area contributed by atoms with Crippen LogP contribution in [0.25, 0.3) is 0 Å². The van der Waals surface area contributed by atoms with Gasteiger partial charge in [-0.15, -0.1) is 0 Å². The Bertz CT molecular complexity index is 179. The van der Waals surface area contributed by atoms with E-state index < -0.39 is 0 Å². The molecule has 0 N–H and O–H groups in total. The molecule has 2 unspecified atom stereocenters. The summed E-state index contributed by atoms with van der Waals surface area (Å²) in [7, 11) is 1.76. The highest BCUT2D eigenvalue weighted by Crippen LogP contribution is 2.35. The van der Waals surface area contributed by atoms with Gasteiger partial charge in [-0.25, -0.2) is 0 Å². The number of ether oxygens (including phenoxy) is 2. The van der Waals surface area contributed by atoms with E-state index in [0.717, 1.165) is 18.4 Å². The molecule has 2 atom stereocenters. The van der Waals surface area contributed by atoms with Crippen molar-refractivity contribution in [2.75, 3.05) is 19.0 Å². The Labute approximate surface area is 116 Å². The van der Waals surface area contributed by atoms with Crippen LogP contribution in [0, 0.1) is 0 Å². The summed E-state index contributed by atoms with van der Waals surface area (Å²) in [5.41, 5.74) is -0.0936. The molecule has 0 heterocycles. The molecule has 0 rings (SSSR count). The van der Waals surface area contributed by atoms with Gasteiger partial charge in [-0.05, 0) is 34.1 Å². The van der Waals surface area contributed by atoms with E-state index in [0.29, 0.717) is 0 Å². The summed E-state index contributed by atoms with van der Waals surface area (Å²) in [6.45, 7) is 9.27. The molecule has 4 heteroatoms. The zero-order valence-electron chi connectivity index (χ0n) is 10.3. The maximum absolute atomic E-state index is 5.73. The van der Waals surface area contributed by atoms with Crippen LogP contribution in [0.2, 0.25) is 0 Å². The van der Waals surface area contributed by atoms with Crippen LogP contribution in [-0.4, -0.2) is 34.2 Å². The number of rotatable bonds is 7. The number of alkyl halides is 2. The average Bonchev–Trinajstić information content (AvgIpc) is 2.02. The van der Waals surface area contributed by atoms with E-state index in [-0.39, 0.29) is 15.1 Å². The molecule has 0 aliphatic carbocycles. The third kappa shape index (κ3) is 5.84. The molecule has 15 heavy (non-hydrogen) atoms. The Morgan fingerprint density at radius 3 is 2.20 bits per heavy atom. The molecule has 0 amide bonds. The Hall–Kier alpha value is 1.13. The molecule has 0 aromatic heterocycles. The molecular formula is C11H22BrIO2. The predicted molar refractivity (Wildman–Crippen MR) is 77.3 cm³/mol. The molecule has 0 spiro atoms. The van der Waals surface area contributed by atoms with E-state index in [2.05, 4.69) is 59.3 Å². The lowest BCUT2D eigenvalue weighted by Crippen LogP contribution is -2.43. The van der Waals surface area contributed by atoms with E-state index in [1.807, 2.05) is 6.92 Å². The number of halogens is 2. The van der Waals surface area contributed by atoms with Gasteiger partial charge in [-0.3, -0.25) is 0 Å². The average molecular weight is 393 g/mol. The van der Waals surface area contributed by atoms with Crippen molar-refractivity contribution in [3.8, 4) is 0 Å². The predicted octanol–water partition coefficient (Wildman–Crippen LogP) is 3.80. The zero-order chi connectivity index (χ0) is 12.1. The van der Waals surface area contributed by atoms with Crippen LogP contribution in [0.15, 0.2) is 0 Å². The lowest BCUT2D eigenvalue weighted by atomic mass is 9.91. The fourth-order valence-corrected chi connectivity index (χ4v) is 4.83. The van der Waals surface area contributed by atoms with E-state index in [1.165, 1.54) is 0 Å². The van der Waals surface area contributed by atoms with Gasteiger partial charge >= 0.3 is 0 Å². The second-order valence-corrected chi connectivity index (χ2v) is 7.64. The zero-order valence-corrected chi connectivity index (χ0v) is 14.0. The topological polar surface area (TPSA) is 18.5 Å². The third-order valence-corrected chi connectivity index (χ3v) is 4.07. The van der Waals surface area contributed by atoms with Gasteiger partial charge in [0.2, 0.25) is 0 Å². The summed E-state index contributed by atoms with van der Waals surface area (Å²) in [5, 5.41) is 0.852. The van der Waals surface area contributed by atoms with Crippen LogP contribution >= 0.6 is 38.5 Å². The van der Waals surface area contributed by atoms with Gasteiger partial charge in [0.1, 0.15) is 0 Å². The first-order chi connectivity index (χ1) is 6.79. The molecule has 0 aromatic rings. The second kappa shape index (κ2) is 6.77. The Balaban J connectivity index is 4.46. The summed E-state index contributed by atoms with van der Waals surface area (Å²) < 4.78 is 11.3. The summed E-state index contributed by atoms with van der Waals surface area (Å²) in [4.78, 5) is 0. The van der Waals surface area contributed by atoms with E-state index in [9.17, 15) is 0 Å². The summed E-state index contributed by atoms with van der Waals surface area (Å²) in [6.07, 6.45) is 1.18. The van der Waals surface area contributed by atoms with Crippen LogP contribution < -0.4 is 0 Å². The number of methoxy groups -OCH3 is 1. The molecule has 0 aromatic carbocycles. The minimum absolute atomic E-state index is 0.0781. The molecular weight excluding hydrogens is 371 g/mol. The fraction of sp³-hybridized carbons (Fsp3) is 1.00. The highest BCUT2D eigenvalue weighted by atomic mass is 127. The monoisotopic (exact) mass is 392 g/mol. The molecule has 0 bridgehead atoms. The lowest BCUT2D eigenvalue weighted by Gasteiger charge is -2.37. The van der Waals surface area contributed by atoms with Crippen molar-refractivity contribution in [2.24, 2.45) is 0 Å². The fourth-order valence-electron chi connectivity index (χ4n) is 1.86. The highest BCUT2D eigenvalue weighted by molar-refractivity contribution is 14.1. The van der Waals surface area contributed by atoms with Crippen LogP contribution in [0.4, 0.5) is 0 Å². The largest absolute Gasteiger partial charge is 0.379 e. The molecule has 0 radical (unpaired) electrons. The van der Waals surface area contributed by atoms with Crippen molar-refractivity contribution < 1.29 is 9.47 Å². The third-order valence-electron chi connectivity index (χ3n) is 2.40. The van der Waals surface area contributed by atoms with Gasteiger partial charge in [-0.2, -0.15) is 0 Å². The van der Waals surface area contributed by atoms with Crippen LogP contribution in [-0.2, 0) is 9.47 Å². The van der Waals surface area contributed by atoms with Crippen LogP contribution in [0.1, 0.15) is 34.1 Å². The van der Waals surface area contributed by atoms with Crippen molar-refractivity contribution in [3.63, 3.8) is 0 Å². The summed E-state index contributed by atoms with van der Waals surface area (Å²) in [6, 6.07) is 0. The van der Waals surface area contributed by atoms with E-state index in [1.54, 1.807) is 7.11 Å². The van der Waals surface area contributed by atoms with Crippen molar-refractivity contribution in [1.29, 1.82) is 0 Å². The Morgan fingerprint density at radius 2 is 1.87 bits per heavy atom. The molecule has 0 aliphatic heterocycles. The van der Waals surface area contributed by atoms with E-state index >= 15 is 0 Å². The maximum atomic E-state index is 5.73. The van der Waals surface area contributed by atoms with Crippen molar-refractivity contribution >= 4 is 38.5 Å². The second-order valence-electron chi connectivity index (χ2n) is 4.53. The summed E-state index contributed by atoms with van der Waals surface area (Å²) >= 11 is 5.96. The minimum Gasteiger partial charge on any atom is -0.379 e. The van der Waals surface area contributed by atoms with Crippen LogP contribution in [0.5, 0.6) is 0 Å². The van der Waals surface area contributed by atoms with Crippen molar-refractivity contribution in [1.82, 2.24) is 0 Å². The van der Waals surface area contributed by atoms with Gasteiger partial charge in [0, 0.05) is 22.5 Å². The first-order valence-corrected chi connectivity index (χ1v) is 7.40. The first-order valence-electron chi connectivity index (χ1n) is 5.20. The quantitative estimate of drug-likeness (QED) is 0.484. The Kier molecular flexibility index (Phi) is 7.28. The molecule has 0 saturated heterocycles. The van der Waals surface area contributed by atoms with Crippen molar-refractivity contribution in [3.05, 3.63) is 0 Å². The molecule has 92 valence electrons. The number of hydrogen-bond donors (Lipinski definition) is 0. The smallest absolute Gasteiger partial charge is 0.0811 e. The maximum Gasteiger partial charge on any atom is 0.0811 e. The van der Waals surface area contributed by atoms with Crippen LogP contribution in [0.3, 0.4) is 0 Å². The first kappa shape index (κ1) is 16.1. The highest BCUT2D eigenvalue weighted by Gasteiger charge is 2.37. The Morgan fingerprint density at radius 1 is 1.33 bits per heavy atom. The van der Waals surface area contributed by atoms with Gasteiger partial charge in [0.15, 0.2) is 0 Å². The van der Waals surface area contributed by atoms with Gasteiger partial charge in [0.05, 0.1) is 11.7 Å². The van der Waals surface area contributed by atoms with E-state index in [4.69, 9.17) is 9.47 Å². The van der Waals surface area contributed by atoms with Gasteiger partial charge < -0.3 is 9.47 Å². The lowest BCUT2D eigenvalue weighted by molar-refractivity contribution is -0.0334. The van der Waals surface area contributed by atoms with Crippen molar-refractivity contribution in [2.45, 2.75) is 49.2 Å². The van der Waals surface area contributed by atoms with Gasteiger partial charge in [0.25, 0.3) is 0 Å². The van der Waals surface area contributed by atoms with Gasteiger partial charge in [-0.1, -0.05) is 38.5 Å². The molecule has 0 aliphatic rings. The summed E-state index contributed by atoms with van der Waals surface area (Å²) in [5.74, 6) is 0. The molecule has 0 fully saturated rings. The molecule has 0 saturated carbocycles. The standard InChI is InChI=1S/C11H22BrIO2/c1-6-15-10(2,3)8-11(4,13)9(7-12)14-5/h9H,6-8H2,1-5H3. The molecule has 2 nitrogen and oxygen atoms in total.